The van der Waals surface area contributed by atoms with E-state index in [4.69, 9.17) is 24.0 Å². The first-order valence-electron chi connectivity index (χ1n) is 10.5. The molecule has 1 aliphatic carbocycles. The molecule has 1 spiro atoms. The fraction of sp³-hybridized carbons (Fsp3) is 0.727. The van der Waals surface area contributed by atoms with Gasteiger partial charge in [0.15, 0.2) is 18.2 Å². The number of ether oxygens (including phenoxy) is 3. The summed E-state index contributed by atoms with van der Waals surface area (Å²) in [7, 11) is 0. The molecule has 0 amide bonds. The second-order valence-electron chi connectivity index (χ2n) is 9.21. The van der Waals surface area contributed by atoms with Crippen molar-refractivity contribution in [2.75, 3.05) is 0 Å². The number of fused-ring (bicyclic) bond motifs is 2. The third kappa shape index (κ3) is 2.84. The lowest BCUT2D eigenvalue weighted by Gasteiger charge is -2.60. The van der Waals surface area contributed by atoms with Crippen LogP contribution < -0.4 is 0 Å². The van der Waals surface area contributed by atoms with Gasteiger partial charge >= 0.3 is 0 Å². The van der Waals surface area contributed by atoms with Crippen molar-refractivity contribution in [3.05, 3.63) is 35.6 Å². The second-order valence-corrected chi connectivity index (χ2v) is 9.21. The highest BCUT2D eigenvalue weighted by molar-refractivity contribution is 5.15. The third-order valence-corrected chi connectivity index (χ3v) is 7.42. The number of hydrogen-bond acceptors (Lipinski definition) is 5. The second kappa shape index (κ2) is 6.74. The average molecular weight is 392 g/mol. The summed E-state index contributed by atoms with van der Waals surface area (Å²) in [5.41, 5.74) is 0.352. The van der Waals surface area contributed by atoms with Gasteiger partial charge in [0, 0.05) is 18.3 Å². The van der Waals surface area contributed by atoms with Crippen LogP contribution in [-0.4, -0.2) is 24.0 Å². The zero-order valence-corrected chi connectivity index (χ0v) is 16.7. The molecular formula is C22H29FO5. The molecular weight excluding hydrogens is 363 g/mol. The van der Waals surface area contributed by atoms with Gasteiger partial charge < -0.3 is 14.2 Å². The Morgan fingerprint density at radius 2 is 1.86 bits per heavy atom. The number of hydrogen-bond donors (Lipinski definition) is 0. The summed E-state index contributed by atoms with van der Waals surface area (Å²) >= 11 is 0. The zero-order chi connectivity index (χ0) is 19.5. The molecule has 5 nitrogen and oxygen atoms in total. The SMILES string of the molecule is CC1CCC2[C@@H](C)C(OCc3ccc(F)cc3)OC3OC4(C)CCC1[C@]32OO4. The minimum absolute atomic E-state index is 0.140. The van der Waals surface area contributed by atoms with Crippen molar-refractivity contribution in [1.82, 2.24) is 0 Å². The van der Waals surface area contributed by atoms with Crippen LogP contribution >= 0.6 is 0 Å². The third-order valence-electron chi connectivity index (χ3n) is 7.42. The normalized spacial score (nSPS) is 47.4. The van der Waals surface area contributed by atoms with E-state index in [1.54, 1.807) is 12.1 Å². The van der Waals surface area contributed by atoms with Crippen LogP contribution in [0.1, 0.15) is 52.0 Å². The van der Waals surface area contributed by atoms with Gasteiger partial charge in [-0.25, -0.2) is 14.2 Å². The Hall–Kier alpha value is -1.05. The quantitative estimate of drug-likeness (QED) is 0.706. The summed E-state index contributed by atoms with van der Waals surface area (Å²) in [6.45, 7) is 6.77. The summed E-state index contributed by atoms with van der Waals surface area (Å²) in [6.07, 6.45) is 3.12. The fourth-order valence-electron chi connectivity index (χ4n) is 5.82. The molecule has 0 radical (unpaired) electrons. The molecule has 4 saturated heterocycles. The standard InChI is InChI=1S/C22H29FO5/c1-13-4-9-18-14(2)19(24-12-15-5-7-16(23)8-6-15)25-20-22(18)17(13)10-11-21(3,26-20)27-28-22/h5-8,13-14,17-20H,4,9-12H2,1-3H3/t13?,14-,17?,18?,19?,20?,21?,22-/m1/s1. The predicted octanol–water partition coefficient (Wildman–Crippen LogP) is 4.55. The van der Waals surface area contributed by atoms with Gasteiger partial charge in [0.1, 0.15) is 5.82 Å². The number of halogens is 1. The monoisotopic (exact) mass is 392 g/mol. The number of rotatable bonds is 3. The Morgan fingerprint density at radius 1 is 1.07 bits per heavy atom. The van der Waals surface area contributed by atoms with Gasteiger partial charge in [0.25, 0.3) is 0 Å². The van der Waals surface area contributed by atoms with Gasteiger partial charge in [-0.15, -0.1) is 0 Å². The highest BCUT2D eigenvalue weighted by Gasteiger charge is 2.69. The minimum Gasteiger partial charge on any atom is -0.348 e. The van der Waals surface area contributed by atoms with Crippen molar-refractivity contribution in [2.24, 2.45) is 23.7 Å². The van der Waals surface area contributed by atoms with Crippen LogP contribution in [0.25, 0.3) is 0 Å². The van der Waals surface area contributed by atoms with E-state index in [2.05, 4.69) is 13.8 Å². The molecule has 28 heavy (non-hydrogen) atoms. The maximum absolute atomic E-state index is 13.2. The molecule has 1 aromatic carbocycles. The van der Waals surface area contributed by atoms with Gasteiger partial charge in [-0.2, -0.15) is 0 Å². The van der Waals surface area contributed by atoms with E-state index in [1.807, 2.05) is 6.92 Å². The van der Waals surface area contributed by atoms with Gasteiger partial charge in [0.2, 0.25) is 5.79 Å². The first-order valence-corrected chi connectivity index (χ1v) is 10.5. The fourth-order valence-corrected chi connectivity index (χ4v) is 5.82. The minimum atomic E-state index is -0.778. The van der Waals surface area contributed by atoms with E-state index in [9.17, 15) is 4.39 Å². The largest absolute Gasteiger partial charge is 0.348 e. The molecule has 6 unspecified atom stereocenters. The highest BCUT2D eigenvalue weighted by atomic mass is 19.1. The van der Waals surface area contributed by atoms with E-state index in [-0.39, 0.29) is 17.7 Å². The Balaban J connectivity index is 1.40. The van der Waals surface area contributed by atoms with Gasteiger partial charge in [-0.05, 0) is 55.7 Å². The molecule has 1 saturated carbocycles. The lowest BCUT2D eigenvalue weighted by Crippen LogP contribution is -2.70. The first-order chi connectivity index (χ1) is 13.4. The molecule has 6 heteroatoms. The average Bonchev–Trinajstić information content (AvgIpc) is 2.91. The molecule has 5 aliphatic rings. The van der Waals surface area contributed by atoms with E-state index < -0.39 is 24.0 Å². The van der Waals surface area contributed by atoms with Crippen molar-refractivity contribution < 1.29 is 28.4 Å². The molecule has 4 heterocycles. The summed E-state index contributed by atoms with van der Waals surface area (Å²) < 4.78 is 32.0. The molecule has 6 rings (SSSR count). The molecule has 1 aromatic rings. The van der Waals surface area contributed by atoms with Crippen molar-refractivity contribution in [3.63, 3.8) is 0 Å². The van der Waals surface area contributed by atoms with Crippen LogP contribution in [-0.2, 0) is 30.6 Å². The van der Waals surface area contributed by atoms with Gasteiger partial charge in [-0.1, -0.05) is 26.0 Å². The summed E-state index contributed by atoms with van der Waals surface area (Å²) in [4.78, 5) is 12.0. The lowest BCUT2D eigenvalue weighted by atomic mass is 9.58. The lowest BCUT2D eigenvalue weighted by molar-refractivity contribution is -0.577. The Morgan fingerprint density at radius 3 is 2.64 bits per heavy atom. The molecule has 154 valence electrons. The van der Waals surface area contributed by atoms with Gasteiger partial charge in [0.05, 0.1) is 6.61 Å². The van der Waals surface area contributed by atoms with Crippen LogP contribution in [0.3, 0.4) is 0 Å². The summed E-state index contributed by atoms with van der Waals surface area (Å²) in [5, 5.41) is 0. The van der Waals surface area contributed by atoms with Crippen LogP contribution in [0.2, 0.25) is 0 Å². The smallest absolute Gasteiger partial charge is 0.201 e. The molecule has 5 fully saturated rings. The van der Waals surface area contributed by atoms with E-state index in [0.717, 1.165) is 24.8 Å². The van der Waals surface area contributed by atoms with Crippen molar-refractivity contribution >= 4 is 0 Å². The van der Waals surface area contributed by atoms with E-state index in [0.29, 0.717) is 18.4 Å². The van der Waals surface area contributed by atoms with Gasteiger partial charge in [-0.3, -0.25) is 0 Å². The van der Waals surface area contributed by atoms with E-state index >= 15 is 0 Å². The molecule has 0 N–H and O–H groups in total. The maximum atomic E-state index is 13.2. The van der Waals surface area contributed by atoms with Crippen LogP contribution in [0, 0.1) is 29.5 Å². The topological polar surface area (TPSA) is 46.2 Å². The van der Waals surface area contributed by atoms with Crippen molar-refractivity contribution in [3.8, 4) is 0 Å². The maximum Gasteiger partial charge on any atom is 0.201 e. The molecule has 2 bridgehead atoms. The van der Waals surface area contributed by atoms with Crippen molar-refractivity contribution in [2.45, 2.75) is 77.0 Å². The number of benzene rings is 1. The predicted molar refractivity (Wildman–Crippen MR) is 98.0 cm³/mol. The molecule has 0 aromatic heterocycles. The molecule has 8 atom stereocenters. The van der Waals surface area contributed by atoms with Crippen molar-refractivity contribution in [1.29, 1.82) is 0 Å². The summed E-state index contributed by atoms with van der Waals surface area (Å²) in [5.74, 6) is 0.248. The first kappa shape index (κ1) is 18.9. The highest BCUT2D eigenvalue weighted by Crippen LogP contribution is 2.60. The molecule has 4 aliphatic heterocycles. The van der Waals surface area contributed by atoms with Crippen LogP contribution in [0.5, 0.6) is 0 Å². The Bertz CT molecular complexity index is 726. The summed E-state index contributed by atoms with van der Waals surface area (Å²) in [6, 6.07) is 6.38. The zero-order valence-electron chi connectivity index (χ0n) is 16.7. The Labute approximate surface area is 165 Å². The van der Waals surface area contributed by atoms with Crippen LogP contribution in [0.15, 0.2) is 24.3 Å². The Kier molecular flexibility index (Phi) is 4.56. The van der Waals surface area contributed by atoms with Crippen LogP contribution in [0.4, 0.5) is 4.39 Å². The van der Waals surface area contributed by atoms with E-state index in [1.165, 1.54) is 18.6 Å².